The molecule has 0 aliphatic carbocycles. The summed E-state index contributed by atoms with van der Waals surface area (Å²) in [7, 11) is 1.42. The molecule has 0 saturated carbocycles. The Bertz CT molecular complexity index is 1390. The van der Waals surface area contributed by atoms with Crippen LogP contribution in [-0.4, -0.2) is 54.2 Å². The van der Waals surface area contributed by atoms with Crippen LogP contribution in [0.4, 0.5) is 5.00 Å². The minimum Gasteiger partial charge on any atom is -0.465 e. The number of nitrogens with one attached hydrogen (secondary N) is 1. The molecule has 1 aliphatic heterocycles. The van der Waals surface area contributed by atoms with Gasteiger partial charge < -0.3 is 15.0 Å². The SMILES string of the molecule is COC(=O)c1c(NC(=S)N2CCN(Cc3cccc4ccccc34)CC2)sc(C)c1-c1ccccc1. The van der Waals surface area contributed by atoms with Crippen LogP contribution in [0.1, 0.15) is 20.8 Å². The molecule has 7 heteroatoms. The van der Waals surface area contributed by atoms with Crippen LogP contribution in [0, 0.1) is 6.92 Å². The van der Waals surface area contributed by atoms with E-state index in [9.17, 15) is 4.79 Å². The maximum atomic E-state index is 12.8. The highest BCUT2D eigenvalue weighted by Gasteiger charge is 2.26. The van der Waals surface area contributed by atoms with Crippen molar-refractivity contribution in [2.75, 3.05) is 38.6 Å². The van der Waals surface area contributed by atoms with Crippen LogP contribution in [0.25, 0.3) is 21.9 Å². The summed E-state index contributed by atoms with van der Waals surface area (Å²) in [5.41, 5.74) is 3.79. The number of ether oxygens (including phenoxy) is 1. The number of methoxy groups -OCH3 is 1. The molecule has 36 heavy (non-hydrogen) atoms. The molecule has 2 heterocycles. The summed E-state index contributed by atoms with van der Waals surface area (Å²) in [5, 5.41) is 7.35. The predicted molar refractivity (Wildman–Crippen MR) is 153 cm³/mol. The zero-order valence-corrected chi connectivity index (χ0v) is 22.1. The Hall–Kier alpha value is -3.26. The van der Waals surface area contributed by atoms with E-state index in [1.165, 1.54) is 34.8 Å². The van der Waals surface area contributed by atoms with Gasteiger partial charge in [-0.2, -0.15) is 0 Å². The fraction of sp³-hybridized carbons (Fsp3) is 0.241. The Morgan fingerprint density at radius 1 is 0.972 bits per heavy atom. The number of thiophene rings is 1. The van der Waals surface area contributed by atoms with Gasteiger partial charge in [-0.05, 0) is 41.0 Å². The largest absolute Gasteiger partial charge is 0.465 e. The molecule has 1 aliphatic rings. The van der Waals surface area contributed by atoms with Crippen LogP contribution in [0.5, 0.6) is 0 Å². The number of carbonyl (C=O) groups is 1. The lowest BCUT2D eigenvalue weighted by Gasteiger charge is -2.36. The second-order valence-corrected chi connectivity index (χ2v) is 10.5. The average Bonchev–Trinajstić information content (AvgIpc) is 3.24. The number of carbonyl (C=O) groups excluding carboxylic acids is 1. The lowest BCUT2D eigenvalue weighted by Crippen LogP contribution is -2.49. The van der Waals surface area contributed by atoms with Crippen LogP contribution in [0.3, 0.4) is 0 Å². The summed E-state index contributed by atoms with van der Waals surface area (Å²) in [5.74, 6) is -0.358. The number of hydrogen-bond acceptors (Lipinski definition) is 5. The highest BCUT2D eigenvalue weighted by Crippen LogP contribution is 2.40. The topological polar surface area (TPSA) is 44.8 Å². The molecule has 5 nitrogen and oxygen atoms in total. The van der Waals surface area contributed by atoms with E-state index in [1.807, 2.05) is 37.3 Å². The smallest absolute Gasteiger partial charge is 0.341 e. The van der Waals surface area contributed by atoms with Crippen molar-refractivity contribution in [3.63, 3.8) is 0 Å². The van der Waals surface area contributed by atoms with E-state index < -0.39 is 0 Å². The third-order valence-corrected chi connectivity index (χ3v) is 8.07. The Morgan fingerprint density at radius 2 is 1.67 bits per heavy atom. The van der Waals surface area contributed by atoms with Crippen molar-refractivity contribution in [3.8, 4) is 11.1 Å². The van der Waals surface area contributed by atoms with Gasteiger partial charge in [-0.1, -0.05) is 72.8 Å². The molecule has 0 amide bonds. The first kappa shape index (κ1) is 24.4. The first-order valence-electron chi connectivity index (χ1n) is 12.1. The molecule has 0 radical (unpaired) electrons. The fourth-order valence-corrected chi connectivity index (χ4v) is 6.25. The Labute approximate surface area is 221 Å². The molecule has 4 aromatic rings. The highest BCUT2D eigenvalue weighted by molar-refractivity contribution is 7.80. The monoisotopic (exact) mass is 515 g/mol. The fourth-order valence-electron chi connectivity index (χ4n) is 4.84. The number of piperazine rings is 1. The Morgan fingerprint density at radius 3 is 2.42 bits per heavy atom. The minimum absolute atomic E-state index is 0.358. The second kappa shape index (κ2) is 10.8. The van der Waals surface area contributed by atoms with Crippen molar-refractivity contribution in [3.05, 3.63) is 88.8 Å². The van der Waals surface area contributed by atoms with E-state index in [1.54, 1.807) is 0 Å². The third kappa shape index (κ3) is 5.00. The maximum Gasteiger partial charge on any atom is 0.341 e. The van der Waals surface area contributed by atoms with Crippen LogP contribution in [0.15, 0.2) is 72.8 Å². The number of nitrogens with zero attached hydrogens (tertiary/aromatic N) is 2. The molecule has 5 rings (SSSR count). The third-order valence-electron chi connectivity index (χ3n) is 6.69. The van der Waals surface area contributed by atoms with E-state index in [-0.39, 0.29) is 5.97 Å². The van der Waals surface area contributed by atoms with Gasteiger partial charge in [0, 0.05) is 43.2 Å². The molecule has 1 fully saturated rings. The van der Waals surface area contributed by atoms with Crippen LogP contribution < -0.4 is 5.32 Å². The second-order valence-electron chi connectivity index (χ2n) is 8.93. The van der Waals surface area contributed by atoms with Gasteiger partial charge in [0.1, 0.15) is 10.6 Å². The predicted octanol–water partition coefficient (Wildman–Crippen LogP) is 6.18. The van der Waals surface area contributed by atoms with Gasteiger partial charge in [0.2, 0.25) is 0 Å². The Balaban J connectivity index is 1.27. The molecule has 1 saturated heterocycles. The number of aryl methyl sites for hydroxylation is 1. The number of fused-ring (bicyclic) bond motifs is 1. The van der Waals surface area contributed by atoms with Crippen molar-refractivity contribution in [2.45, 2.75) is 13.5 Å². The molecule has 3 aromatic carbocycles. The molecule has 0 bridgehead atoms. The number of hydrogen-bond donors (Lipinski definition) is 1. The van der Waals surface area contributed by atoms with Crippen molar-refractivity contribution in [2.24, 2.45) is 0 Å². The van der Waals surface area contributed by atoms with Gasteiger partial charge in [0.25, 0.3) is 0 Å². The van der Waals surface area contributed by atoms with E-state index in [0.29, 0.717) is 10.7 Å². The van der Waals surface area contributed by atoms with Gasteiger partial charge in [-0.3, -0.25) is 4.90 Å². The van der Waals surface area contributed by atoms with Crippen LogP contribution >= 0.6 is 23.6 Å². The summed E-state index contributed by atoms with van der Waals surface area (Å²) in [6, 6.07) is 25.0. The molecule has 0 atom stereocenters. The first-order valence-corrected chi connectivity index (χ1v) is 13.3. The number of thiocarbonyl (C=S) groups is 1. The molecule has 184 valence electrons. The average molecular weight is 516 g/mol. The summed E-state index contributed by atoms with van der Waals surface area (Å²) >= 11 is 7.33. The Kier molecular flexibility index (Phi) is 7.32. The maximum absolute atomic E-state index is 12.8. The first-order chi connectivity index (χ1) is 17.5. The molecule has 0 spiro atoms. The molecular formula is C29H29N3O2S2. The van der Waals surface area contributed by atoms with Gasteiger partial charge in [-0.15, -0.1) is 11.3 Å². The number of rotatable bonds is 5. The summed E-state index contributed by atoms with van der Waals surface area (Å²) < 4.78 is 5.14. The lowest BCUT2D eigenvalue weighted by molar-refractivity contribution is 0.0603. The van der Waals surface area contributed by atoms with Gasteiger partial charge in [0.05, 0.1) is 7.11 Å². The van der Waals surface area contributed by atoms with Crippen molar-refractivity contribution < 1.29 is 9.53 Å². The lowest BCUT2D eigenvalue weighted by atomic mass is 10.0. The number of benzene rings is 3. The molecule has 1 N–H and O–H groups in total. The molecule has 1 aromatic heterocycles. The summed E-state index contributed by atoms with van der Waals surface area (Å²) in [4.78, 5) is 18.5. The van der Waals surface area contributed by atoms with E-state index >= 15 is 0 Å². The van der Waals surface area contributed by atoms with E-state index in [0.717, 1.165) is 53.7 Å². The summed E-state index contributed by atoms with van der Waals surface area (Å²) in [6.07, 6.45) is 0. The quantitative estimate of drug-likeness (QED) is 0.253. The van der Waals surface area contributed by atoms with Gasteiger partial charge in [-0.25, -0.2) is 4.79 Å². The zero-order chi connectivity index (χ0) is 25.1. The van der Waals surface area contributed by atoms with Crippen LogP contribution in [0.2, 0.25) is 0 Å². The minimum atomic E-state index is -0.358. The van der Waals surface area contributed by atoms with Crippen LogP contribution in [-0.2, 0) is 11.3 Å². The number of esters is 1. The van der Waals surface area contributed by atoms with Crippen molar-refractivity contribution >= 4 is 50.4 Å². The van der Waals surface area contributed by atoms with Crippen molar-refractivity contribution in [1.29, 1.82) is 0 Å². The number of anilines is 1. The van der Waals surface area contributed by atoms with E-state index in [2.05, 4.69) is 57.6 Å². The highest BCUT2D eigenvalue weighted by atomic mass is 32.1. The zero-order valence-electron chi connectivity index (χ0n) is 20.5. The molecular weight excluding hydrogens is 486 g/mol. The summed E-state index contributed by atoms with van der Waals surface area (Å²) in [6.45, 7) is 6.47. The van der Waals surface area contributed by atoms with Crippen molar-refractivity contribution in [1.82, 2.24) is 9.80 Å². The normalized spacial score (nSPS) is 14.1. The molecule has 0 unspecified atom stereocenters. The van der Waals surface area contributed by atoms with Gasteiger partial charge >= 0.3 is 5.97 Å². The van der Waals surface area contributed by atoms with E-state index in [4.69, 9.17) is 17.0 Å². The van der Waals surface area contributed by atoms with Gasteiger partial charge in [0.15, 0.2) is 5.11 Å². The standard InChI is InChI=1S/C29H29N3O2S2/c1-20-25(22-10-4-3-5-11-22)26(28(33)34-2)27(36-20)30-29(35)32-17-15-31(16-18-32)19-23-13-8-12-21-9-6-7-14-24(21)23/h3-14H,15-19H2,1-2H3,(H,30,35).